The van der Waals surface area contributed by atoms with Crippen molar-refractivity contribution in [3.63, 3.8) is 0 Å². The highest BCUT2D eigenvalue weighted by Gasteiger charge is 2.30. The lowest BCUT2D eigenvalue weighted by Gasteiger charge is -2.16. The first-order valence-electron chi connectivity index (χ1n) is 8.60. The number of hydrogen-bond donors (Lipinski definition) is 2. The van der Waals surface area contributed by atoms with Gasteiger partial charge in [-0.2, -0.15) is 0 Å². The summed E-state index contributed by atoms with van der Waals surface area (Å²) in [5.74, 6) is 0.298. The number of nitrogens with zero attached hydrogens (tertiary/aromatic N) is 3. The zero-order valence-corrected chi connectivity index (χ0v) is 14.4. The summed E-state index contributed by atoms with van der Waals surface area (Å²) in [6.45, 7) is 1.02. The van der Waals surface area contributed by atoms with E-state index in [9.17, 15) is 14.4 Å². The molecule has 4 rings (SSSR count). The molecule has 0 spiro atoms. The Morgan fingerprint density at radius 3 is 2.89 bits per heavy atom. The van der Waals surface area contributed by atoms with Crippen LogP contribution < -0.4 is 11.1 Å². The summed E-state index contributed by atoms with van der Waals surface area (Å²) >= 11 is 0. The smallest absolute Gasteiger partial charge is 0.257 e. The first-order valence-corrected chi connectivity index (χ1v) is 8.60. The maximum absolute atomic E-state index is 12.6. The second-order valence-electron chi connectivity index (χ2n) is 6.41. The highest BCUT2D eigenvalue weighted by molar-refractivity contribution is 5.94. The molecule has 1 amide bonds. The lowest BCUT2D eigenvalue weighted by molar-refractivity contribution is 0.0790. The number of carbonyl (C=O) groups is 1. The second-order valence-corrected chi connectivity index (χ2v) is 6.41. The van der Waals surface area contributed by atoms with Crippen molar-refractivity contribution in [2.45, 2.75) is 12.3 Å². The summed E-state index contributed by atoms with van der Waals surface area (Å²) < 4.78 is 0. The van der Waals surface area contributed by atoms with Crippen LogP contribution in [-0.2, 0) is 0 Å². The molecule has 2 N–H and O–H groups in total. The molecular weight excluding hydrogens is 346 g/mol. The van der Waals surface area contributed by atoms with Crippen LogP contribution in [-0.4, -0.2) is 43.8 Å². The molecule has 0 aliphatic carbocycles. The van der Waals surface area contributed by atoms with E-state index in [0.717, 1.165) is 0 Å². The Morgan fingerprint density at radius 1 is 1.22 bits per heavy atom. The summed E-state index contributed by atoms with van der Waals surface area (Å²) in [4.78, 5) is 52.2. The fraction of sp³-hybridized carbons (Fsp3) is 0.211. The monoisotopic (exact) mass is 363 g/mol. The predicted octanol–water partition coefficient (Wildman–Crippen LogP) is 1.15. The van der Waals surface area contributed by atoms with Crippen LogP contribution in [0.5, 0.6) is 0 Å². The van der Waals surface area contributed by atoms with Crippen molar-refractivity contribution in [3.05, 3.63) is 81.0 Å². The van der Waals surface area contributed by atoms with Gasteiger partial charge in [-0.15, -0.1) is 0 Å². The summed E-state index contributed by atoms with van der Waals surface area (Å²) in [5.41, 5.74) is 0.569. The van der Waals surface area contributed by atoms with Crippen molar-refractivity contribution in [2.24, 2.45) is 0 Å². The number of rotatable bonds is 3. The van der Waals surface area contributed by atoms with E-state index < -0.39 is 0 Å². The molecular formula is C19H17N5O3. The van der Waals surface area contributed by atoms with E-state index in [-0.39, 0.29) is 22.9 Å². The van der Waals surface area contributed by atoms with E-state index in [0.29, 0.717) is 42.2 Å². The fourth-order valence-electron chi connectivity index (χ4n) is 3.27. The van der Waals surface area contributed by atoms with E-state index in [4.69, 9.17) is 0 Å². The third-order valence-electron chi connectivity index (χ3n) is 4.62. The van der Waals surface area contributed by atoms with Crippen LogP contribution in [0, 0.1) is 0 Å². The van der Waals surface area contributed by atoms with Gasteiger partial charge >= 0.3 is 0 Å². The number of aromatic nitrogens is 4. The number of aromatic amines is 2. The van der Waals surface area contributed by atoms with Crippen LogP contribution in [0.1, 0.15) is 28.5 Å². The lowest BCUT2D eigenvalue weighted by Crippen LogP contribution is -2.29. The molecule has 8 heteroatoms. The molecule has 1 atom stereocenters. The molecule has 4 heterocycles. The Hall–Kier alpha value is -3.55. The van der Waals surface area contributed by atoms with E-state index in [1.54, 1.807) is 35.4 Å². The van der Waals surface area contributed by atoms with Crippen LogP contribution in [0.3, 0.4) is 0 Å². The van der Waals surface area contributed by atoms with Crippen molar-refractivity contribution < 1.29 is 4.79 Å². The number of amides is 1. The minimum Gasteiger partial charge on any atom is -0.338 e. The quantitative estimate of drug-likeness (QED) is 0.725. The number of hydrogen-bond acceptors (Lipinski definition) is 5. The zero-order valence-electron chi connectivity index (χ0n) is 14.4. The molecule has 27 heavy (non-hydrogen) atoms. The second kappa shape index (κ2) is 6.99. The normalized spacial score (nSPS) is 16.4. The maximum Gasteiger partial charge on any atom is 0.257 e. The molecule has 0 aromatic carbocycles. The maximum atomic E-state index is 12.6. The van der Waals surface area contributed by atoms with E-state index in [1.807, 2.05) is 0 Å². The molecule has 0 radical (unpaired) electrons. The minimum absolute atomic E-state index is 0.0939. The standard InChI is InChI=1S/C19H17N5O3/c25-16-9-15(14-4-2-7-21-18(14)26)22-17(23-16)13-5-8-24(11-13)19(27)12-3-1-6-20-10-12/h1-4,6-7,9-10,13H,5,8,11H2,(H,21,26)(H,22,23,25)/t13-/m1/s1. The molecule has 0 bridgehead atoms. The van der Waals surface area contributed by atoms with Gasteiger partial charge in [-0.25, -0.2) is 4.98 Å². The van der Waals surface area contributed by atoms with Crippen LogP contribution in [0.15, 0.2) is 58.5 Å². The number of pyridine rings is 2. The summed E-state index contributed by atoms with van der Waals surface area (Å²) in [6.07, 6.45) is 5.37. The van der Waals surface area contributed by atoms with E-state index in [1.165, 1.54) is 18.5 Å². The molecule has 3 aromatic rings. The third-order valence-corrected chi connectivity index (χ3v) is 4.62. The highest BCUT2D eigenvalue weighted by atomic mass is 16.2. The SMILES string of the molecule is O=C(c1cccnc1)N1CC[C@@H](c2nc(-c3ccc[nH]c3=O)cc(=O)[nH]2)C1. The molecule has 0 unspecified atom stereocenters. The Labute approximate surface area is 153 Å². The van der Waals surface area contributed by atoms with Crippen molar-refractivity contribution in [3.8, 4) is 11.3 Å². The van der Waals surface area contributed by atoms with Gasteiger partial charge in [-0.05, 0) is 30.7 Å². The van der Waals surface area contributed by atoms with Crippen LogP contribution in [0.25, 0.3) is 11.3 Å². The Kier molecular flexibility index (Phi) is 4.37. The number of H-pyrrole nitrogens is 2. The van der Waals surface area contributed by atoms with Gasteiger partial charge in [0.2, 0.25) is 0 Å². The average molecular weight is 363 g/mol. The molecule has 3 aromatic heterocycles. The topological polar surface area (TPSA) is 112 Å². The summed E-state index contributed by atoms with van der Waals surface area (Å²) in [7, 11) is 0. The third kappa shape index (κ3) is 3.41. The molecule has 136 valence electrons. The lowest BCUT2D eigenvalue weighted by atomic mass is 10.1. The highest BCUT2D eigenvalue weighted by Crippen LogP contribution is 2.26. The molecule has 8 nitrogen and oxygen atoms in total. The Balaban J connectivity index is 1.60. The number of nitrogens with one attached hydrogen (secondary N) is 2. The first-order chi connectivity index (χ1) is 13.1. The average Bonchev–Trinajstić information content (AvgIpc) is 3.18. The molecule has 1 fully saturated rings. The largest absolute Gasteiger partial charge is 0.338 e. The minimum atomic E-state index is -0.324. The summed E-state index contributed by atoms with van der Waals surface area (Å²) in [5, 5.41) is 0. The fourth-order valence-corrected chi connectivity index (χ4v) is 3.27. The van der Waals surface area contributed by atoms with Gasteiger partial charge in [0.15, 0.2) is 0 Å². The van der Waals surface area contributed by atoms with Gasteiger partial charge in [-0.1, -0.05) is 0 Å². The molecule has 1 aliphatic heterocycles. The first kappa shape index (κ1) is 16.9. The van der Waals surface area contributed by atoms with Gasteiger partial charge in [0.05, 0.1) is 16.8 Å². The molecule has 1 aliphatic rings. The number of carbonyl (C=O) groups excluding carboxylic acids is 1. The Bertz CT molecular complexity index is 1090. The van der Waals surface area contributed by atoms with E-state index in [2.05, 4.69) is 19.9 Å². The van der Waals surface area contributed by atoms with Crippen LogP contribution in [0.4, 0.5) is 0 Å². The Morgan fingerprint density at radius 2 is 2.11 bits per heavy atom. The molecule has 1 saturated heterocycles. The zero-order chi connectivity index (χ0) is 18.8. The van der Waals surface area contributed by atoms with Crippen molar-refractivity contribution in [2.75, 3.05) is 13.1 Å². The van der Waals surface area contributed by atoms with Crippen molar-refractivity contribution >= 4 is 5.91 Å². The van der Waals surface area contributed by atoms with Gasteiger partial charge < -0.3 is 14.9 Å². The van der Waals surface area contributed by atoms with Gasteiger partial charge in [0.1, 0.15) is 5.82 Å². The van der Waals surface area contributed by atoms with E-state index >= 15 is 0 Å². The number of likely N-dealkylation sites (tertiary alicyclic amines) is 1. The predicted molar refractivity (Wildman–Crippen MR) is 98.4 cm³/mol. The van der Waals surface area contributed by atoms with Crippen molar-refractivity contribution in [1.29, 1.82) is 0 Å². The summed E-state index contributed by atoms with van der Waals surface area (Å²) in [6, 6.07) is 8.06. The van der Waals surface area contributed by atoms with Gasteiger partial charge in [-0.3, -0.25) is 19.4 Å². The van der Waals surface area contributed by atoms with Crippen LogP contribution in [0.2, 0.25) is 0 Å². The van der Waals surface area contributed by atoms with Gasteiger partial charge in [0, 0.05) is 43.7 Å². The molecule has 0 saturated carbocycles. The van der Waals surface area contributed by atoms with Crippen molar-refractivity contribution in [1.82, 2.24) is 24.8 Å². The van der Waals surface area contributed by atoms with Crippen LogP contribution >= 0.6 is 0 Å². The van der Waals surface area contributed by atoms with Gasteiger partial charge in [0.25, 0.3) is 17.0 Å².